The molecule has 2 rings (SSSR count). The molecule has 5 heteroatoms. The smallest absolute Gasteiger partial charge is 0.410 e. The number of aryl methyl sites for hydroxylation is 1. The van der Waals surface area contributed by atoms with Crippen LogP contribution in [0, 0.1) is 12.8 Å². The number of hydrogen-bond acceptors (Lipinski definition) is 4. The lowest BCUT2D eigenvalue weighted by molar-refractivity contribution is 0.0492. The molecule has 0 saturated carbocycles. The summed E-state index contributed by atoms with van der Waals surface area (Å²) in [6, 6.07) is 13.5. The third kappa shape index (κ3) is 8.62. The first-order valence-corrected chi connectivity index (χ1v) is 13.7. The molecule has 5 nitrogen and oxygen atoms in total. The van der Waals surface area contributed by atoms with Crippen molar-refractivity contribution < 1.29 is 19.1 Å². The maximum Gasteiger partial charge on any atom is 0.410 e. The van der Waals surface area contributed by atoms with E-state index in [1.165, 1.54) is 20.0 Å². The first-order chi connectivity index (χ1) is 17.5. The molecular weight excluding hydrogens is 462 g/mol. The van der Waals surface area contributed by atoms with Crippen LogP contribution < -0.4 is 0 Å². The van der Waals surface area contributed by atoms with Crippen molar-refractivity contribution >= 4 is 12.1 Å². The Balaban J connectivity index is 2.65. The van der Waals surface area contributed by atoms with Crippen molar-refractivity contribution in [3.8, 4) is 0 Å². The molecule has 0 heterocycles. The van der Waals surface area contributed by atoms with E-state index in [1.807, 2.05) is 43.3 Å². The third-order valence-corrected chi connectivity index (χ3v) is 6.63. The van der Waals surface area contributed by atoms with Crippen LogP contribution in [0.5, 0.6) is 0 Å². The molecule has 0 aliphatic carbocycles. The highest BCUT2D eigenvalue weighted by Gasteiger charge is 2.34. The number of amides is 1. The Morgan fingerprint density at radius 2 is 1.62 bits per heavy atom. The molecule has 0 radical (unpaired) electrons. The fraction of sp³-hybridized carbons (Fsp3) is 0.562. The third-order valence-electron chi connectivity index (χ3n) is 6.63. The molecule has 0 aliphatic rings. The summed E-state index contributed by atoms with van der Waals surface area (Å²) >= 11 is 0. The van der Waals surface area contributed by atoms with Crippen molar-refractivity contribution in [2.24, 2.45) is 5.92 Å². The fourth-order valence-electron chi connectivity index (χ4n) is 4.65. The molecule has 0 bridgehead atoms. The molecular formula is C32H47NO4. The summed E-state index contributed by atoms with van der Waals surface area (Å²) in [5.41, 5.74) is 4.10. The Morgan fingerprint density at radius 3 is 2.19 bits per heavy atom. The van der Waals surface area contributed by atoms with Gasteiger partial charge in [-0.15, -0.1) is 0 Å². The zero-order valence-corrected chi connectivity index (χ0v) is 24.2. The highest BCUT2D eigenvalue weighted by Crippen LogP contribution is 2.37. The zero-order chi connectivity index (χ0) is 27.6. The van der Waals surface area contributed by atoms with Gasteiger partial charge in [-0.2, -0.15) is 0 Å². The molecule has 204 valence electrons. The van der Waals surface area contributed by atoms with Crippen LogP contribution in [0.2, 0.25) is 0 Å². The van der Waals surface area contributed by atoms with Crippen LogP contribution in [0.3, 0.4) is 0 Å². The molecule has 0 aliphatic heterocycles. The summed E-state index contributed by atoms with van der Waals surface area (Å²) in [5, 5.41) is 0. The number of rotatable bonds is 12. The number of esters is 1. The maximum atomic E-state index is 13.6. The molecule has 37 heavy (non-hydrogen) atoms. The minimum atomic E-state index is -0.489. The molecule has 2 aromatic carbocycles. The van der Waals surface area contributed by atoms with Crippen LogP contribution in [-0.2, 0) is 14.9 Å². The highest BCUT2D eigenvalue weighted by molar-refractivity contribution is 5.92. The van der Waals surface area contributed by atoms with Crippen molar-refractivity contribution in [2.45, 2.75) is 92.0 Å². The Morgan fingerprint density at radius 1 is 0.973 bits per heavy atom. The van der Waals surface area contributed by atoms with Crippen molar-refractivity contribution in [1.29, 1.82) is 0 Å². The summed E-state index contributed by atoms with van der Waals surface area (Å²) in [6.45, 7) is 15.6. The largest absolute Gasteiger partial charge is 0.462 e. The molecule has 0 spiro atoms. The first kappa shape index (κ1) is 30.4. The summed E-state index contributed by atoms with van der Waals surface area (Å²) in [4.78, 5) is 28.5. The van der Waals surface area contributed by atoms with E-state index in [9.17, 15) is 9.59 Å². The number of carbonyl (C=O) groups is 2. The molecule has 0 N–H and O–H groups in total. The molecule has 2 aromatic rings. The average molecular weight is 510 g/mol. The van der Waals surface area contributed by atoms with Crippen molar-refractivity contribution in [3.05, 3.63) is 70.3 Å². The predicted octanol–water partition coefficient (Wildman–Crippen LogP) is 8.23. The van der Waals surface area contributed by atoms with Gasteiger partial charge in [0.15, 0.2) is 0 Å². The van der Waals surface area contributed by atoms with Crippen LogP contribution in [0.4, 0.5) is 4.79 Å². The van der Waals surface area contributed by atoms with Gasteiger partial charge in [0.2, 0.25) is 0 Å². The van der Waals surface area contributed by atoms with E-state index in [-0.39, 0.29) is 17.3 Å². The SMILES string of the molecule is CCCCCCCOC(=O)c1cc(C(C)(C)C)cc(C)c1C(c1ccccc1)N(CC(C)C)C(=O)OC. The molecule has 1 atom stereocenters. The standard InChI is InChI=1S/C32H47NO4/c1-9-10-11-12-16-19-37-30(34)27-21-26(32(5,6)7)20-24(4)28(27)29(25-17-14-13-15-18-25)33(22-23(2)3)31(35)36-8/h13-15,17-18,20-21,23,29H,9-12,16,19,22H2,1-8H3. The van der Waals surface area contributed by atoms with E-state index in [0.717, 1.165) is 41.5 Å². The maximum absolute atomic E-state index is 13.6. The second-order valence-electron chi connectivity index (χ2n) is 11.4. The van der Waals surface area contributed by atoms with Crippen LogP contribution in [0.25, 0.3) is 0 Å². The van der Waals surface area contributed by atoms with E-state index in [0.29, 0.717) is 18.7 Å². The Bertz CT molecular complexity index is 1010. The normalized spacial score (nSPS) is 12.4. The summed E-state index contributed by atoms with van der Waals surface area (Å²) < 4.78 is 11.1. The van der Waals surface area contributed by atoms with Gasteiger partial charge in [-0.05, 0) is 53.0 Å². The lowest BCUT2D eigenvalue weighted by Gasteiger charge is -2.35. The highest BCUT2D eigenvalue weighted by atomic mass is 16.5. The summed E-state index contributed by atoms with van der Waals surface area (Å²) in [5.74, 6) is -0.132. The van der Waals surface area contributed by atoms with E-state index in [1.54, 1.807) is 4.90 Å². The lowest BCUT2D eigenvalue weighted by Crippen LogP contribution is -2.39. The van der Waals surface area contributed by atoms with Gasteiger partial charge in [-0.1, -0.05) is 104 Å². The Labute approximate surface area is 224 Å². The number of ether oxygens (including phenoxy) is 2. The van der Waals surface area contributed by atoms with Gasteiger partial charge in [0, 0.05) is 6.54 Å². The summed E-state index contributed by atoms with van der Waals surface area (Å²) in [6.07, 6.45) is 5.00. The zero-order valence-electron chi connectivity index (χ0n) is 24.2. The Kier molecular flexibility index (Phi) is 11.7. The van der Waals surface area contributed by atoms with Crippen molar-refractivity contribution in [3.63, 3.8) is 0 Å². The number of carbonyl (C=O) groups excluding carboxylic acids is 2. The minimum absolute atomic E-state index is 0.152. The second kappa shape index (κ2) is 14.2. The lowest BCUT2D eigenvalue weighted by atomic mass is 9.81. The van der Waals surface area contributed by atoms with Gasteiger partial charge in [0.1, 0.15) is 0 Å². The quantitative estimate of drug-likeness (QED) is 0.214. The van der Waals surface area contributed by atoms with Crippen LogP contribution in [0.1, 0.15) is 112 Å². The monoisotopic (exact) mass is 509 g/mol. The van der Waals surface area contributed by atoms with Gasteiger partial charge in [0.05, 0.1) is 25.3 Å². The number of hydrogen-bond donors (Lipinski definition) is 0. The molecule has 0 fully saturated rings. The Hall–Kier alpha value is -2.82. The molecule has 0 saturated heterocycles. The summed E-state index contributed by atoms with van der Waals surface area (Å²) in [7, 11) is 1.40. The van der Waals surface area contributed by atoms with Gasteiger partial charge >= 0.3 is 12.1 Å². The van der Waals surface area contributed by atoms with E-state index >= 15 is 0 Å². The fourth-order valence-corrected chi connectivity index (χ4v) is 4.65. The molecule has 0 aromatic heterocycles. The van der Waals surface area contributed by atoms with Crippen molar-refractivity contribution in [1.82, 2.24) is 4.90 Å². The van der Waals surface area contributed by atoms with Gasteiger partial charge < -0.3 is 9.47 Å². The topological polar surface area (TPSA) is 55.8 Å². The van der Waals surface area contributed by atoms with E-state index in [4.69, 9.17) is 9.47 Å². The van der Waals surface area contributed by atoms with Crippen LogP contribution >= 0.6 is 0 Å². The number of benzene rings is 2. The molecule has 1 unspecified atom stereocenters. The average Bonchev–Trinajstić information content (AvgIpc) is 2.85. The predicted molar refractivity (Wildman–Crippen MR) is 151 cm³/mol. The van der Waals surface area contributed by atoms with E-state index < -0.39 is 12.1 Å². The minimum Gasteiger partial charge on any atom is -0.462 e. The second-order valence-corrected chi connectivity index (χ2v) is 11.4. The van der Waals surface area contributed by atoms with E-state index in [2.05, 4.69) is 47.6 Å². The first-order valence-electron chi connectivity index (χ1n) is 13.7. The van der Waals surface area contributed by atoms with Crippen LogP contribution in [-0.4, -0.2) is 37.2 Å². The van der Waals surface area contributed by atoms with Gasteiger partial charge in [0.25, 0.3) is 0 Å². The number of nitrogens with zero attached hydrogens (tertiary/aromatic N) is 1. The van der Waals surface area contributed by atoms with Crippen molar-refractivity contribution in [2.75, 3.05) is 20.3 Å². The van der Waals surface area contributed by atoms with Gasteiger partial charge in [-0.3, -0.25) is 4.90 Å². The number of methoxy groups -OCH3 is 1. The van der Waals surface area contributed by atoms with Crippen LogP contribution in [0.15, 0.2) is 42.5 Å². The number of unbranched alkanes of at least 4 members (excludes halogenated alkanes) is 4. The molecule has 1 amide bonds. The van der Waals surface area contributed by atoms with Gasteiger partial charge in [-0.25, -0.2) is 9.59 Å².